The number of nitrogens with zero attached hydrogens (tertiary/aromatic N) is 1. The molecular formula is C22H22N2O7. The highest BCUT2D eigenvalue weighted by Gasteiger charge is 2.20. The van der Waals surface area contributed by atoms with Gasteiger partial charge in [0.1, 0.15) is 18.0 Å². The molecule has 0 aliphatic carbocycles. The Morgan fingerprint density at radius 3 is 2.71 bits per heavy atom. The van der Waals surface area contributed by atoms with Crippen molar-refractivity contribution >= 4 is 17.5 Å². The van der Waals surface area contributed by atoms with E-state index >= 15 is 0 Å². The lowest BCUT2D eigenvalue weighted by Crippen LogP contribution is -2.24. The SMILES string of the molecule is O=C(O)Nc1cc(OCCOC2CCCCO2)c(C#Cc2ccccc2)cc1[N+](=O)[O-]. The second-order valence-electron chi connectivity index (χ2n) is 6.68. The predicted molar refractivity (Wildman–Crippen MR) is 112 cm³/mol. The number of ether oxygens (including phenoxy) is 3. The fourth-order valence-corrected chi connectivity index (χ4v) is 2.99. The van der Waals surface area contributed by atoms with Crippen molar-refractivity contribution in [3.8, 4) is 17.6 Å². The maximum absolute atomic E-state index is 11.4. The highest BCUT2D eigenvalue weighted by Crippen LogP contribution is 2.32. The van der Waals surface area contributed by atoms with Gasteiger partial charge in [-0.25, -0.2) is 4.79 Å². The molecule has 1 heterocycles. The first-order chi connectivity index (χ1) is 15.0. The van der Waals surface area contributed by atoms with Gasteiger partial charge in [-0.1, -0.05) is 30.0 Å². The summed E-state index contributed by atoms with van der Waals surface area (Å²) >= 11 is 0. The first-order valence-electron chi connectivity index (χ1n) is 9.78. The molecular weight excluding hydrogens is 404 g/mol. The lowest BCUT2D eigenvalue weighted by molar-refractivity contribution is -0.384. The van der Waals surface area contributed by atoms with Crippen LogP contribution >= 0.6 is 0 Å². The summed E-state index contributed by atoms with van der Waals surface area (Å²) < 4.78 is 16.9. The van der Waals surface area contributed by atoms with Gasteiger partial charge >= 0.3 is 6.09 Å². The molecule has 9 heteroatoms. The van der Waals surface area contributed by atoms with Crippen molar-refractivity contribution in [2.24, 2.45) is 0 Å². The van der Waals surface area contributed by atoms with Crippen LogP contribution in [0.1, 0.15) is 30.4 Å². The number of nitro benzene ring substituents is 1. The smallest absolute Gasteiger partial charge is 0.409 e. The van der Waals surface area contributed by atoms with E-state index in [4.69, 9.17) is 19.3 Å². The fraction of sp³-hybridized carbons (Fsp3) is 0.318. The fourth-order valence-electron chi connectivity index (χ4n) is 2.99. The number of nitro groups is 1. The van der Waals surface area contributed by atoms with Crippen LogP contribution < -0.4 is 10.1 Å². The average molecular weight is 426 g/mol. The van der Waals surface area contributed by atoms with Gasteiger partial charge in [0, 0.05) is 24.3 Å². The molecule has 162 valence electrons. The number of hydrogen-bond donors (Lipinski definition) is 2. The maximum Gasteiger partial charge on any atom is 0.409 e. The Balaban J connectivity index is 1.81. The van der Waals surface area contributed by atoms with E-state index < -0.39 is 16.7 Å². The number of amides is 1. The largest absolute Gasteiger partial charge is 0.490 e. The van der Waals surface area contributed by atoms with E-state index in [-0.39, 0.29) is 36.5 Å². The second kappa shape index (κ2) is 11.0. The molecule has 2 aromatic rings. The lowest BCUT2D eigenvalue weighted by atomic mass is 10.1. The van der Waals surface area contributed by atoms with Gasteiger partial charge in [-0.05, 0) is 31.4 Å². The normalized spacial score (nSPS) is 15.4. The summed E-state index contributed by atoms with van der Waals surface area (Å²) in [6.45, 7) is 1.05. The summed E-state index contributed by atoms with van der Waals surface area (Å²) in [4.78, 5) is 21.8. The standard InChI is InChI=1S/C22H22N2O7/c25-22(26)23-18-15-20(29-12-13-31-21-8-4-5-11-30-21)17(14-19(18)24(27)28)10-9-16-6-2-1-3-7-16/h1-3,6-7,14-15,21,23H,4-5,8,11-13H2,(H,25,26). The third-order valence-electron chi connectivity index (χ3n) is 4.43. The summed E-state index contributed by atoms with van der Waals surface area (Å²) in [7, 11) is 0. The molecule has 0 saturated carbocycles. The van der Waals surface area contributed by atoms with E-state index in [0.29, 0.717) is 6.61 Å². The van der Waals surface area contributed by atoms with Crippen LogP contribution in [0, 0.1) is 22.0 Å². The van der Waals surface area contributed by atoms with Crippen LogP contribution in [-0.4, -0.2) is 42.2 Å². The molecule has 0 radical (unpaired) electrons. The van der Waals surface area contributed by atoms with Crippen molar-refractivity contribution in [1.29, 1.82) is 0 Å². The molecule has 2 N–H and O–H groups in total. The summed E-state index contributed by atoms with van der Waals surface area (Å²) in [5, 5.41) is 22.5. The van der Waals surface area contributed by atoms with Crippen LogP contribution in [0.15, 0.2) is 42.5 Å². The van der Waals surface area contributed by atoms with Gasteiger partial charge in [-0.3, -0.25) is 15.4 Å². The topological polar surface area (TPSA) is 120 Å². The summed E-state index contributed by atoms with van der Waals surface area (Å²) in [5.74, 6) is 6.02. The van der Waals surface area contributed by atoms with Crippen LogP contribution in [0.25, 0.3) is 0 Å². The molecule has 1 aliphatic heterocycles. The molecule has 1 saturated heterocycles. The van der Waals surface area contributed by atoms with Gasteiger partial charge in [0.2, 0.25) is 0 Å². The predicted octanol–water partition coefficient (Wildman–Crippen LogP) is 4.01. The van der Waals surface area contributed by atoms with Gasteiger partial charge < -0.3 is 19.3 Å². The van der Waals surface area contributed by atoms with Crippen LogP contribution in [0.3, 0.4) is 0 Å². The molecule has 0 bridgehead atoms. The molecule has 1 amide bonds. The zero-order valence-corrected chi connectivity index (χ0v) is 16.7. The number of rotatable bonds is 7. The molecule has 2 aromatic carbocycles. The first-order valence-corrected chi connectivity index (χ1v) is 9.78. The van der Waals surface area contributed by atoms with E-state index in [1.54, 1.807) is 12.1 Å². The Labute approximate surface area is 179 Å². The minimum atomic E-state index is -1.42. The minimum Gasteiger partial charge on any atom is -0.490 e. The number of benzene rings is 2. The van der Waals surface area contributed by atoms with Crippen molar-refractivity contribution < 1.29 is 29.0 Å². The summed E-state index contributed by atoms with van der Waals surface area (Å²) in [6.07, 6.45) is 1.18. The van der Waals surface area contributed by atoms with Crippen molar-refractivity contribution in [2.75, 3.05) is 25.1 Å². The highest BCUT2D eigenvalue weighted by molar-refractivity contribution is 5.87. The van der Waals surface area contributed by atoms with E-state index in [0.717, 1.165) is 24.8 Å². The third-order valence-corrected chi connectivity index (χ3v) is 4.43. The molecule has 31 heavy (non-hydrogen) atoms. The van der Waals surface area contributed by atoms with Gasteiger partial charge in [-0.2, -0.15) is 0 Å². The molecule has 0 aromatic heterocycles. The minimum absolute atomic E-state index is 0.143. The highest BCUT2D eigenvalue weighted by atomic mass is 16.7. The Morgan fingerprint density at radius 2 is 2.03 bits per heavy atom. The van der Waals surface area contributed by atoms with Crippen LogP contribution in [0.5, 0.6) is 5.75 Å². The monoisotopic (exact) mass is 426 g/mol. The zero-order valence-electron chi connectivity index (χ0n) is 16.7. The Kier molecular flexibility index (Phi) is 7.81. The number of anilines is 1. The summed E-state index contributed by atoms with van der Waals surface area (Å²) in [5.41, 5.74) is 0.371. The van der Waals surface area contributed by atoms with Crippen LogP contribution in [0.2, 0.25) is 0 Å². The molecule has 1 fully saturated rings. The van der Waals surface area contributed by atoms with Crippen molar-refractivity contribution in [3.63, 3.8) is 0 Å². The molecule has 0 spiro atoms. The molecule has 9 nitrogen and oxygen atoms in total. The third kappa shape index (κ3) is 6.70. The Hall–Kier alpha value is -3.61. The Bertz CT molecular complexity index is 977. The maximum atomic E-state index is 11.4. The quantitative estimate of drug-likeness (QED) is 0.297. The number of carboxylic acid groups (broad SMARTS) is 1. The molecule has 3 rings (SSSR count). The van der Waals surface area contributed by atoms with Crippen molar-refractivity contribution in [3.05, 3.63) is 63.7 Å². The zero-order chi connectivity index (χ0) is 22.1. The van der Waals surface area contributed by atoms with E-state index in [9.17, 15) is 14.9 Å². The molecule has 1 unspecified atom stereocenters. The van der Waals surface area contributed by atoms with Crippen molar-refractivity contribution in [2.45, 2.75) is 25.6 Å². The van der Waals surface area contributed by atoms with Crippen LogP contribution in [-0.2, 0) is 9.47 Å². The van der Waals surface area contributed by atoms with Gasteiger partial charge in [0.25, 0.3) is 5.69 Å². The van der Waals surface area contributed by atoms with E-state index in [2.05, 4.69) is 11.8 Å². The second-order valence-corrected chi connectivity index (χ2v) is 6.68. The van der Waals surface area contributed by atoms with Crippen LogP contribution in [0.4, 0.5) is 16.2 Å². The molecule has 1 aliphatic rings. The lowest BCUT2D eigenvalue weighted by Gasteiger charge is -2.22. The van der Waals surface area contributed by atoms with Gasteiger partial charge in [0.05, 0.1) is 17.1 Å². The average Bonchev–Trinajstić information content (AvgIpc) is 2.77. The number of carbonyl (C=O) groups is 1. The first kappa shape index (κ1) is 22.1. The Morgan fingerprint density at radius 1 is 1.23 bits per heavy atom. The number of nitrogens with one attached hydrogen (secondary N) is 1. The van der Waals surface area contributed by atoms with E-state index in [1.165, 1.54) is 12.1 Å². The van der Waals surface area contributed by atoms with Gasteiger partial charge in [-0.15, -0.1) is 0 Å². The van der Waals surface area contributed by atoms with E-state index in [1.807, 2.05) is 23.5 Å². The van der Waals surface area contributed by atoms with Crippen molar-refractivity contribution in [1.82, 2.24) is 0 Å². The number of hydrogen-bond acceptors (Lipinski definition) is 6. The van der Waals surface area contributed by atoms with Gasteiger partial charge in [0.15, 0.2) is 6.29 Å². The molecule has 1 atom stereocenters. The summed E-state index contributed by atoms with van der Waals surface area (Å²) in [6, 6.07) is 11.6.